The van der Waals surface area contributed by atoms with E-state index < -0.39 is 10.0 Å². The van der Waals surface area contributed by atoms with Gasteiger partial charge in [0.1, 0.15) is 5.82 Å². The maximum atomic E-state index is 12.2. The quantitative estimate of drug-likeness (QED) is 0.885. The predicted octanol–water partition coefficient (Wildman–Crippen LogP) is 1.16. The first-order valence-electron chi connectivity index (χ1n) is 5.24. The zero-order chi connectivity index (χ0) is 14.2. The first-order chi connectivity index (χ1) is 8.81. The van der Waals surface area contributed by atoms with E-state index in [2.05, 4.69) is 14.8 Å². The summed E-state index contributed by atoms with van der Waals surface area (Å²) < 4.78 is 28.2. The summed E-state index contributed by atoms with van der Waals surface area (Å²) in [6, 6.07) is 2.99. The van der Waals surface area contributed by atoms with E-state index in [1.54, 1.807) is 14.0 Å². The Morgan fingerprint density at radius 1 is 1.42 bits per heavy atom. The van der Waals surface area contributed by atoms with E-state index in [9.17, 15) is 8.42 Å². The van der Waals surface area contributed by atoms with Crippen LogP contribution in [0.3, 0.4) is 0 Å². The summed E-state index contributed by atoms with van der Waals surface area (Å²) in [6.07, 6.45) is 1.35. The Bertz CT molecular complexity index is 708. The van der Waals surface area contributed by atoms with E-state index in [0.717, 1.165) is 0 Å². The van der Waals surface area contributed by atoms with Crippen LogP contribution in [0.5, 0.6) is 0 Å². The summed E-state index contributed by atoms with van der Waals surface area (Å²) >= 11 is 5.68. The van der Waals surface area contributed by atoms with Gasteiger partial charge in [0.05, 0.1) is 10.7 Å². The fraction of sp³-hybridized carbons (Fsp3) is 0.200. The van der Waals surface area contributed by atoms with E-state index in [1.165, 1.54) is 23.0 Å². The molecule has 102 valence electrons. The molecule has 2 aromatic heterocycles. The van der Waals surface area contributed by atoms with Gasteiger partial charge in [-0.25, -0.2) is 13.4 Å². The minimum Gasteiger partial charge on any atom is -0.381 e. The van der Waals surface area contributed by atoms with E-state index in [-0.39, 0.29) is 16.5 Å². The largest absolute Gasteiger partial charge is 0.381 e. The Morgan fingerprint density at radius 2 is 2.11 bits per heavy atom. The van der Waals surface area contributed by atoms with Crippen LogP contribution in [0.2, 0.25) is 5.02 Å². The molecule has 0 saturated heterocycles. The number of aromatic nitrogens is 3. The SMILES string of the molecule is Cc1c(S(=O)(=O)Nc2ccc(Cl)cn2)c(N)nn1C. The molecule has 19 heavy (non-hydrogen) atoms. The van der Waals surface area contributed by atoms with Crippen molar-refractivity contribution in [3.05, 3.63) is 29.0 Å². The molecule has 0 aliphatic carbocycles. The molecule has 0 spiro atoms. The molecule has 0 radical (unpaired) electrons. The van der Waals surface area contributed by atoms with Crippen LogP contribution in [-0.4, -0.2) is 23.2 Å². The molecule has 2 aromatic rings. The van der Waals surface area contributed by atoms with E-state index >= 15 is 0 Å². The predicted molar refractivity (Wildman–Crippen MR) is 72.4 cm³/mol. The number of halogens is 1. The maximum absolute atomic E-state index is 12.2. The highest BCUT2D eigenvalue weighted by molar-refractivity contribution is 7.93. The molecule has 0 fully saturated rings. The third kappa shape index (κ3) is 2.64. The number of nitrogens with one attached hydrogen (secondary N) is 1. The molecule has 0 aliphatic rings. The van der Waals surface area contributed by atoms with Gasteiger partial charge in [0.15, 0.2) is 10.7 Å². The van der Waals surface area contributed by atoms with Gasteiger partial charge in [-0.2, -0.15) is 5.10 Å². The highest BCUT2D eigenvalue weighted by Gasteiger charge is 2.24. The second kappa shape index (κ2) is 4.71. The standard InChI is InChI=1S/C10H12ClN5O2S/c1-6-9(10(12)14-16(6)2)19(17,18)15-8-4-3-7(11)5-13-8/h3-5H,1-2H3,(H2,12,14)(H,13,15). The van der Waals surface area contributed by atoms with Crippen molar-refractivity contribution in [1.29, 1.82) is 0 Å². The maximum Gasteiger partial charge on any atom is 0.268 e. The van der Waals surface area contributed by atoms with Gasteiger partial charge in [-0.1, -0.05) is 11.6 Å². The molecule has 7 nitrogen and oxygen atoms in total. The van der Waals surface area contributed by atoms with Crippen molar-refractivity contribution in [1.82, 2.24) is 14.8 Å². The van der Waals surface area contributed by atoms with E-state index in [1.807, 2.05) is 0 Å². The first kappa shape index (κ1) is 13.6. The molecule has 0 unspecified atom stereocenters. The van der Waals surface area contributed by atoms with Gasteiger partial charge in [-0.3, -0.25) is 9.40 Å². The van der Waals surface area contributed by atoms with E-state index in [0.29, 0.717) is 10.7 Å². The van der Waals surface area contributed by atoms with Crippen molar-refractivity contribution < 1.29 is 8.42 Å². The number of anilines is 2. The highest BCUT2D eigenvalue weighted by atomic mass is 35.5. The molecular formula is C10H12ClN5O2S. The third-order valence-corrected chi connectivity index (χ3v) is 4.28. The number of aryl methyl sites for hydroxylation is 1. The minimum atomic E-state index is -3.83. The lowest BCUT2D eigenvalue weighted by Gasteiger charge is -2.07. The Balaban J connectivity index is 2.40. The van der Waals surface area contributed by atoms with Gasteiger partial charge in [-0.05, 0) is 19.1 Å². The lowest BCUT2D eigenvalue weighted by molar-refractivity contribution is 0.600. The number of nitrogens with two attached hydrogens (primary N) is 1. The molecule has 0 aliphatic heterocycles. The first-order valence-corrected chi connectivity index (χ1v) is 7.11. The van der Waals surface area contributed by atoms with Gasteiger partial charge in [0, 0.05) is 13.2 Å². The van der Waals surface area contributed by atoms with Crippen LogP contribution in [-0.2, 0) is 17.1 Å². The monoisotopic (exact) mass is 301 g/mol. The number of sulfonamides is 1. The Labute approximate surface area is 115 Å². The third-order valence-electron chi connectivity index (χ3n) is 2.54. The molecule has 0 saturated carbocycles. The second-order valence-electron chi connectivity index (χ2n) is 3.89. The van der Waals surface area contributed by atoms with Crippen LogP contribution in [0.25, 0.3) is 0 Å². The van der Waals surface area contributed by atoms with Crippen LogP contribution in [0, 0.1) is 6.92 Å². The van der Waals surface area contributed by atoms with Crippen molar-refractivity contribution in [3.8, 4) is 0 Å². The van der Waals surface area contributed by atoms with Crippen LogP contribution < -0.4 is 10.5 Å². The van der Waals surface area contributed by atoms with Crippen molar-refractivity contribution >= 4 is 33.3 Å². The van der Waals surface area contributed by atoms with Gasteiger partial charge in [0.2, 0.25) is 0 Å². The number of rotatable bonds is 3. The minimum absolute atomic E-state index is 0.0493. The normalized spacial score (nSPS) is 11.5. The smallest absolute Gasteiger partial charge is 0.268 e. The van der Waals surface area contributed by atoms with E-state index in [4.69, 9.17) is 17.3 Å². The van der Waals surface area contributed by atoms with Crippen LogP contribution in [0.15, 0.2) is 23.2 Å². The summed E-state index contributed by atoms with van der Waals surface area (Å²) in [5.41, 5.74) is 6.06. The summed E-state index contributed by atoms with van der Waals surface area (Å²) in [4.78, 5) is 3.82. The Hall–Kier alpha value is -1.80. The van der Waals surface area contributed by atoms with Crippen molar-refractivity contribution in [3.63, 3.8) is 0 Å². The summed E-state index contributed by atoms with van der Waals surface area (Å²) in [5, 5.41) is 4.28. The molecule has 0 aromatic carbocycles. The molecule has 0 amide bonds. The summed E-state index contributed by atoms with van der Waals surface area (Å²) in [6.45, 7) is 1.62. The van der Waals surface area contributed by atoms with Crippen LogP contribution in [0.4, 0.5) is 11.6 Å². The highest BCUT2D eigenvalue weighted by Crippen LogP contribution is 2.23. The summed E-state index contributed by atoms with van der Waals surface area (Å²) in [7, 11) is -2.21. The molecular weight excluding hydrogens is 290 g/mol. The van der Waals surface area contributed by atoms with Crippen LogP contribution >= 0.6 is 11.6 Å². The molecule has 9 heteroatoms. The Kier molecular flexibility index (Phi) is 3.38. The zero-order valence-electron chi connectivity index (χ0n) is 10.3. The number of hydrogen-bond donors (Lipinski definition) is 2. The van der Waals surface area contributed by atoms with Crippen molar-refractivity contribution in [2.75, 3.05) is 10.5 Å². The second-order valence-corrected chi connectivity index (χ2v) is 5.95. The van der Waals surface area contributed by atoms with Crippen LogP contribution in [0.1, 0.15) is 5.69 Å². The molecule has 0 bridgehead atoms. The van der Waals surface area contributed by atoms with Crippen molar-refractivity contribution in [2.45, 2.75) is 11.8 Å². The lowest BCUT2D eigenvalue weighted by atomic mass is 10.5. The molecule has 3 N–H and O–H groups in total. The topological polar surface area (TPSA) is 103 Å². The lowest BCUT2D eigenvalue weighted by Crippen LogP contribution is -2.16. The average Bonchev–Trinajstić information content (AvgIpc) is 2.56. The fourth-order valence-electron chi connectivity index (χ4n) is 1.57. The number of pyridine rings is 1. The van der Waals surface area contributed by atoms with Crippen molar-refractivity contribution in [2.24, 2.45) is 7.05 Å². The number of nitrogen functional groups attached to an aromatic ring is 1. The van der Waals surface area contributed by atoms with Gasteiger partial charge < -0.3 is 5.73 Å². The molecule has 2 rings (SSSR count). The number of hydrogen-bond acceptors (Lipinski definition) is 5. The fourth-order valence-corrected chi connectivity index (χ4v) is 3.02. The average molecular weight is 302 g/mol. The van der Waals surface area contributed by atoms with Gasteiger partial charge in [0.25, 0.3) is 10.0 Å². The van der Waals surface area contributed by atoms with Gasteiger partial charge in [-0.15, -0.1) is 0 Å². The molecule has 0 atom stereocenters. The zero-order valence-corrected chi connectivity index (χ0v) is 11.8. The Morgan fingerprint density at radius 3 is 2.58 bits per heavy atom. The molecule has 2 heterocycles. The number of nitrogens with zero attached hydrogens (tertiary/aromatic N) is 3. The summed E-state index contributed by atoms with van der Waals surface area (Å²) in [5.74, 6) is 0.105. The van der Waals surface area contributed by atoms with Gasteiger partial charge >= 0.3 is 0 Å².